The second-order valence-electron chi connectivity index (χ2n) is 7.55. The molecule has 3 aromatic rings. The van der Waals surface area contributed by atoms with Crippen molar-refractivity contribution in [1.29, 1.82) is 0 Å². The molecular formula is C20H20F3N5O3S2. The van der Waals surface area contributed by atoms with Crippen molar-refractivity contribution >= 4 is 44.5 Å². The van der Waals surface area contributed by atoms with Crippen molar-refractivity contribution in [3.63, 3.8) is 0 Å². The minimum atomic E-state index is -4.79. The number of alkyl halides is 3. The van der Waals surface area contributed by atoms with Gasteiger partial charge < -0.3 is 20.3 Å². The number of amides is 1. The van der Waals surface area contributed by atoms with Crippen LogP contribution >= 0.6 is 11.3 Å². The number of halogens is 3. The van der Waals surface area contributed by atoms with Crippen LogP contribution < -0.4 is 15.8 Å². The Hall–Kier alpha value is -2.61. The molecule has 1 aliphatic rings. The minimum Gasteiger partial charge on any atom is -0.593 e. The van der Waals surface area contributed by atoms with Gasteiger partial charge in [-0.25, -0.2) is 0 Å². The lowest BCUT2D eigenvalue weighted by Crippen LogP contribution is -2.38. The summed E-state index contributed by atoms with van der Waals surface area (Å²) in [5.74, 6) is -0.718. The first-order valence-electron chi connectivity index (χ1n) is 9.89. The Bertz CT molecular complexity index is 1190. The van der Waals surface area contributed by atoms with Gasteiger partial charge in [0.05, 0.1) is 29.3 Å². The molecule has 4 rings (SSSR count). The van der Waals surface area contributed by atoms with Gasteiger partial charge in [-0.05, 0) is 50.1 Å². The summed E-state index contributed by atoms with van der Waals surface area (Å²) in [6, 6.07) is 4.63. The lowest BCUT2D eigenvalue weighted by atomic mass is 10.1. The van der Waals surface area contributed by atoms with Crippen LogP contribution in [0.5, 0.6) is 5.75 Å². The maximum atomic E-state index is 12.9. The molecule has 2 atom stereocenters. The number of aromatic nitrogens is 2. The lowest BCUT2D eigenvalue weighted by Gasteiger charge is -2.20. The first-order valence-corrected chi connectivity index (χ1v) is 11.8. The molecule has 0 aliphatic carbocycles. The van der Waals surface area contributed by atoms with Crippen molar-refractivity contribution in [2.75, 3.05) is 18.8 Å². The van der Waals surface area contributed by atoms with E-state index in [2.05, 4.69) is 20.3 Å². The van der Waals surface area contributed by atoms with Gasteiger partial charge in [0.25, 0.3) is 5.91 Å². The number of thiophene rings is 1. The summed E-state index contributed by atoms with van der Waals surface area (Å²) in [6.45, 7) is 4.47. The molecule has 3 heterocycles. The summed E-state index contributed by atoms with van der Waals surface area (Å²) in [5, 5.41) is 11.8. The second kappa shape index (κ2) is 8.97. The highest BCUT2D eigenvalue weighted by molar-refractivity contribution is 7.89. The number of anilines is 1. The maximum absolute atomic E-state index is 12.9. The highest BCUT2D eigenvalue weighted by Crippen LogP contribution is 2.35. The Balaban J connectivity index is 1.40. The molecule has 0 radical (unpaired) electrons. The summed E-state index contributed by atoms with van der Waals surface area (Å²) in [5.41, 5.74) is 8.21. The summed E-state index contributed by atoms with van der Waals surface area (Å²) in [6.07, 6.45) is -4.22. The number of fused-ring (bicyclic) bond motifs is 1. The molecule has 0 saturated carbocycles. The number of aryl methyl sites for hydroxylation is 2. The Kier molecular flexibility index (Phi) is 6.40. The van der Waals surface area contributed by atoms with Crippen LogP contribution in [0.2, 0.25) is 0 Å². The van der Waals surface area contributed by atoms with E-state index in [-0.39, 0.29) is 17.7 Å². The molecule has 8 nitrogen and oxygen atoms in total. The van der Waals surface area contributed by atoms with Gasteiger partial charge in [-0.2, -0.15) is 5.10 Å². The van der Waals surface area contributed by atoms with Gasteiger partial charge in [-0.15, -0.1) is 33.9 Å². The number of nitrogen functional groups attached to an aromatic ring is 1. The van der Waals surface area contributed by atoms with E-state index in [1.807, 2.05) is 13.8 Å². The van der Waals surface area contributed by atoms with Crippen molar-refractivity contribution in [3.05, 3.63) is 40.4 Å². The molecule has 2 unspecified atom stereocenters. The number of carbonyl (C=O) groups is 1. The van der Waals surface area contributed by atoms with Gasteiger partial charge in [-0.1, -0.05) is 0 Å². The second-order valence-corrected chi connectivity index (χ2v) is 10.0. The van der Waals surface area contributed by atoms with E-state index in [9.17, 15) is 22.5 Å². The third kappa shape index (κ3) is 5.00. The van der Waals surface area contributed by atoms with Crippen LogP contribution in [-0.4, -0.2) is 50.5 Å². The zero-order valence-electron chi connectivity index (χ0n) is 17.6. The SMILES string of the molecule is Cc1nnc2sc(C(=O)NC3CCN([S+]([O-])c4ccc(OC(F)(F)F)cc4)C3)c(N)c2c1C. The number of rotatable bonds is 5. The number of benzene rings is 1. The van der Waals surface area contributed by atoms with Crippen LogP contribution in [0, 0.1) is 13.8 Å². The van der Waals surface area contributed by atoms with Crippen LogP contribution in [0.4, 0.5) is 18.9 Å². The average Bonchev–Trinajstić information content (AvgIpc) is 3.34. The normalized spacial score (nSPS) is 17.9. The zero-order chi connectivity index (χ0) is 23.9. The molecule has 1 aliphatic heterocycles. The molecule has 13 heteroatoms. The number of nitrogens with one attached hydrogen (secondary N) is 1. The van der Waals surface area contributed by atoms with E-state index >= 15 is 0 Å². The largest absolute Gasteiger partial charge is 0.593 e. The fourth-order valence-electron chi connectivity index (χ4n) is 3.56. The number of carbonyl (C=O) groups excluding carboxylic acids is 1. The predicted octanol–water partition coefficient (Wildman–Crippen LogP) is 3.32. The highest BCUT2D eigenvalue weighted by Gasteiger charge is 2.34. The van der Waals surface area contributed by atoms with Gasteiger partial charge in [0, 0.05) is 18.0 Å². The van der Waals surface area contributed by atoms with E-state index in [1.54, 1.807) is 4.31 Å². The van der Waals surface area contributed by atoms with Crippen molar-refractivity contribution in [3.8, 4) is 5.75 Å². The summed E-state index contributed by atoms with van der Waals surface area (Å²) < 4.78 is 55.2. The standard InChI is InChI=1S/C20H20F3N5O3S2/c1-10-11(2)26-27-19-15(10)16(24)17(32-19)18(29)25-12-7-8-28(9-12)33(30)14-5-3-13(4-6-14)31-20(21,22)23/h3-6,12H,7-9,24H2,1-2H3,(H,25,29). The highest BCUT2D eigenvalue weighted by atomic mass is 32.2. The number of hydrogen-bond donors (Lipinski definition) is 2. The minimum absolute atomic E-state index is 0.257. The summed E-state index contributed by atoms with van der Waals surface area (Å²) in [4.78, 5) is 14.1. The zero-order valence-corrected chi connectivity index (χ0v) is 19.2. The molecule has 2 aromatic heterocycles. The maximum Gasteiger partial charge on any atom is 0.573 e. The van der Waals surface area contributed by atoms with Crippen molar-refractivity contribution in [2.24, 2.45) is 0 Å². The lowest BCUT2D eigenvalue weighted by molar-refractivity contribution is -0.274. The van der Waals surface area contributed by atoms with Gasteiger partial charge in [0.1, 0.15) is 15.5 Å². The molecule has 1 saturated heterocycles. The first kappa shape index (κ1) is 23.5. The van der Waals surface area contributed by atoms with Crippen LogP contribution in [0.15, 0.2) is 29.2 Å². The number of nitrogens with two attached hydrogens (primary N) is 1. The molecule has 0 spiro atoms. The third-order valence-electron chi connectivity index (χ3n) is 5.32. The molecule has 176 valence electrons. The topological polar surface area (TPSA) is 116 Å². The van der Waals surface area contributed by atoms with E-state index in [0.717, 1.165) is 28.8 Å². The molecule has 33 heavy (non-hydrogen) atoms. The molecule has 1 fully saturated rings. The van der Waals surface area contributed by atoms with E-state index in [0.29, 0.717) is 39.8 Å². The molecular weight excluding hydrogens is 479 g/mol. The number of hydrogen-bond acceptors (Lipinski definition) is 8. The fourth-order valence-corrected chi connectivity index (χ4v) is 5.82. The van der Waals surface area contributed by atoms with E-state index in [4.69, 9.17) is 5.73 Å². The fraction of sp³-hybridized carbons (Fsp3) is 0.350. The molecule has 0 bridgehead atoms. The van der Waals surface area contributed by atoms with Gasteiger partial charge >= 0.3 is 6.36 Å². The number of nitrogens with zero attached hydrogens (tertiary/aromatic N) is 3. The van der Waals surface area contributed by atoms with Gasteiger partial charge in [-0.3, -0.25) is 4.79 Å². The van der Waals surface area contributed by atoms with Crippen LogP contribution in [0.3, 0.4) is 0 Å². The van der Waals surface area contributed by atoms with Gasteiger partial charge in [0.15, 0.2) is 4.90 Å². The van der Waals surface area contributed by atoms with E-state index in [1.165, 1.54) is 23.5 Å². The number of ether oxygens (including phenoxy) is 1. The predicted molar refractivity (Wildman–Crippen MR) is 118 cm³/mol. The Morgan fingerprint density at radius 3 is 2.67 bits per heavy atom. The van der Waals surface area contributed by atoms with Crippen molar-refractivity contribution < 1.29 is 27.3 Å². The van der Waals surface area contributed by atoms with Crippen molar-refractivity contribution in [1.82, 2.24) is 19.8 Å². The average molecular weight is 500 g/mol. The molecule has 3 N–H and O–H groups in total. The summed E-state index contributed by atoms with van der Waals surface area (Å²) >= 11 is -0.417. The molecule has 1 amide bonds. The van der Waals surface area contributed by atoms with Gasteiger partial charge in [0.2, 0.25) is 0 Å². The molecule has 1 aromatic carbocycles. The van der Waals surface area contributed by atoms with Crippen molar-refractivity contribution in [2.45, 2.75) is 37.6 Å². The smallest absolute Gasteiger partial charge is 0.573 e. The third-order valence-corrected chi connectivity index (χ3v) is 7.89. The van der Waals surface area contributed by atoms with E-state index < -0.39 is 17.7 Å². The Labute approximate surface area is 194 Å². The first-order chi connectivity index (χ1) is 15.5. The Morgan fingerprint density at radius 2 is 2.00 bits per heavy atom. The van der Waals surface area contributed by atoms with Crippen LogP contribution in [-0.2, 0) is 11.4 Å². The Morgan fingerprint density at radius 1 is 1.30 bits per heavy atom. The monoisotopic (exact) mass is 499 g/mol. The van der Waals surface area contributed by atoms with Crippen LogP contribution in [0.25, 0.3) is 10.2 Å². The van der Waals surface area contributed by atoms with Crippen LogP contribution in [0.1, 0.15) is 27.3 Å². The summed E-state index contributed by atoms with van der Waals surface area (Å²) in [7, 11) is 0. The quantitative estimate of drug-likeness (QED) is 0.518.